The summed E-state index contributed by atoms with van der Waals surface area (Å²) in [4.78, 5) is 9.20. The van der Waals surface area contributed by atoms with E-state index in [1.54, 1.807) is 18.2 Å². The number of aromatic nitrogens is 3. The van der Waals surface area contributed by atoms with Crippen molar-refractivity contribution in [3.05, 3.63) is 64.9 Å². The first-order chi connectivity index (χ1) is 12.2. The molecule has 1 N–H and O–H groups in total. The molecule has 0 unspecified atom stereocenters. The van der Waals surface area contributed by atoms with Crippen molar-refractivity contribution < 1.29 is 0 Å². The number of benzene rings is 2. The van der Waals surface area contributed by atoms with Crippen LogP contribution in [0.5, 0.6) is 0 Å². The van der Waals surface area contributed by atoms with Gasteiger partial charge in [-0.2, -0.15) is 5.26 Å². The van der Waals surface area contributed by atoms with E-state index in [4.69, 9.17) is 11.6 Å². The van der Waals surface area contributed by atoms with Gasteiger partial charge in [0.25, 0.3) is 0 Å². The lowest BCUT2D eigenvalue weighted by Crippen LogP contribution is -2.07. The lowest BCUT2D eigenvalue weighted by molar-refractivity contribution is 0.832. The van der Waals surface area contributed by atoms with Gasteiger partial charge in [-0.1, -0.05) is 23.7 Å². The Balaban J connectivity index is 1.67. The molecule has 0 spiro atoms. The van der Waals surface area contributed by atoms with E-state index in [9.17, 15) is 5.26 Å². The number of anilines is 1. The van der Waals surface area contributed by atoms with Crippen molar-refractivity contribution in [2.45, 2.75) is 6.54 Å². The summed E-state index contributed by atoms with van der Waals surface area (Å²) in [6, 6.07) is 17.3. The van der Waals surface area contributed by atoms with Gasteiger partial charge in [0.05, 0.1) is 34.7 Å². The summed E-state index contributed by atoms with van der Waals surface area (Å²) >= 11 is 6.02. The Kier molecular flexibility index (Phi) is 3.75. The van der Waals surface area contributed by atoms with Gasteiger partial charge in [0, 0.05) is 17.5 Å². The maximum atomic E-state index is 9.41. The summed E-state index contributed by atoms with van der Waals surface area (Å²) in [7, 11) is 1.99. The zero-order chi connectivity index (χ0) is 17.4. The summed E-state index contributed by atoms with van der Waals surface area (Å²) in [6.45, 7) is 0.516. The highest BCUT2D eigenvalue weighted by Crippen LogP contribution is 2.24. The Hall–Kier alpha value is -3.10. The van der Waals surface area contributed by atoms with Crippen LogP contribution in [-0.2, 0) is 13.6 Å². The first-order valence-electron chi connectivity index (χ1n) is 7.80. The van der Waals surface area contributed by atoms with Crippen LogP contribution >= 0.6 is 11.6 Å². The average molecular weight is 348 g/mol. The lowest BCUT2D eigenvalue weighted by Gasteiger charge is -2.08. The molecule has 0 amide bonds. The van der Waals surface area contributed by atoms with E-state index < -0.39 is 0 Å². The van der Waals surface area contributed by atoms with Crippen LogP contribution in [0.2, 0.25) is 5.02 Å². The van der Waals surface area contributed by atoms with Gasteiger partial charge in [-0.15, -0.1) is 0 Å². The van der Waals surface area contributed by atoms with E-state index in [1.807, 2.05) is 41.9 Å². The average Bonchev–Trinajstić information content (AvgIpc) is 2.95. The number of nitrogens with zero attached hydrogens (tertiary/aromatic N) is 4. The zero-order valence-electron chi connectivity index (χ0n) is 13.5. The number of rotatable bonds is 3. The largest absolute Gasteiger partial charge is 0.363 e. The van der Waals surface area contributed by atoms with Gasteiger partial charge in [0.1, 0.15) is 11.6 Å². The number of nitrogens with one attached hydrogen (secondary N) is 1. The van der Waals surface area contributed by atoms with E-state index in [0.29, 0.717) is 22.9 Å². The maximum absolute atomic E-state index is 9.41. The van der Waals surface area contributed by atoms with Crippen molar-refractivity contribution in [2.24, 2.45) is 7.05 Å². The second-order valence-electron chi connectivity index (χ2n) is 5.76. The first kappa shape index (κ1) is 15.4. The Labute approximate surface area is 149 Å². The fourth-order valence-electron chi connectivity index (χ4n) is 2.90. The molecule has 0 radical (unpaired) electrons. The number of hydrogen-bond donors (Lipinski definition) is 1. The molecule has 122 valence electrons. The predicted octanol–water partition coefficient (Wildman–Crippen LogP) is 4.26. The summed E-state index contributed by atoms with van der Waals surface area (Å²) in [5.74, 6) is 1.54. The molecule has 0 aliphatic carbocycles. The Morgan fingerprint density at radius 1 is 1.12 bits per heavy atom. The zero-order valence-corrected chi connectivity index (χ0v) is 14.2. The van der Waals surface area contributed by atoms with Gasteiger partial charge < -0.3 is 9.88 Å². The summed E-state index contributed by atoms with van der Waals surface area (Å²) < 4.78 is 2.05. The van der Waals surface area contributed by atoms with E-state index in [0.717, 1.165) is 27.8 Å². The summed E-state index contributed by atoms with van der Waals surface area (Å²) in [5, 5.41) is 14.0. The minimum atomic E-state index is 0.516. The van der Waals surface area contributed by atoms with Crippen molar-refractivity contribution in [2.75, 3.05) is 5.32 Å². The highest BCUT2D eigenvalue weighted by Gasteiger charge is 2.09. The molecule has 0 saturated carbocycles. The van der Waals surface area contributed by atoms with Crippen LogP contribution in [0.4, 0.5) is 5.82 Å². The quantitative estimate of drug-likeness (QED) is 0.601. The van der Waals surface area contributed by atoms with Crippen LogP contribution in [-0.4, -0.2) is 14.5 Å². The topological polar surface area (TPSA) is 66.5 Å². The fraction of sp³-hybridized carbons (Fsp3) is 0.105. The number of para-hydroxylation sites is 2. The standard InChI is InChI=1S/C19H14ClN5/c1-25-17-5-3-2-4-16(17)24-19(25)11-22-18-8-12(10-21)14-9-13(20)6-7-15(14)23-18/h2-9H,11H2,1H3,(H,22,23). The first-order valence-corrected chi connectivity index (χ1v) is 8.18. The van der Waals surface area contributed by atoms with Gasteiger partial charge in [0.2, 0.25) is 0 Å². The molecule has 6 heteroatoms. The number of imidazole rings is 1. The van der Waals surface area contributed by atoms with Gasteiger partial charge in [-0.05, 0) is 36.4 Å². The smallest absolute Gasteiger partial charge is 0.129 e. The Bertz CT molecular complexity index is 1140. The van der Waals surface area contributed by atoms with E-state index in [-0.39, 0.29) is 0 Å². The van der Waals surface area contributed by atoms with E-state index in [2.05, 4.69) is 21.4 Å². The molecule has 0 saturated heterocycles. The molecular formula is C19H14ClN5. The van der Waals surface area contributed by atoms with Crippen LogP contribution < -0.4 is 5.32 Å². The third kappa shape index (κ3) is 2.77. The molecule has 5 nitrogen and oxygen atoms in total. The number of fused-ring (bicyclic) bond motifs is 2. The van der Waals surface area contributed by atoms with Crippen LogP contribution in [0.25, 0.3) is 21.9 Å². The van der Waals surface area contributed by atoms with E-state index in [1.165, 1.54) is 0 Å². The molecule has 0 fully saturated rings. The second-order valence-corrected chi connectivity index (χ2v) is 6.19. The number of hydrogen-bond acceptors (Lipinski definition) is 4. The molecule has 0 aliphatic heterocycles. The SMILES string of the molecule is Cn1c(CNc2cc(C#N)c3cc(Cl)ccc3n2)nc2ccccc21. The van der Waals surface area contributed by atoms with Crippen LogP contribution in [0, 0.1) is 11.3 Å². The summed E-state index contributed by atoms with van der Waals surface area (Å²) in [6.07, 6.45) is 0. The minimum absolute atomic E-state index is 0.516. The van der Waals surface area contributed by atoms with Crippen molar-refractivity contribution >= 4 is 39.4 Å². The predicted molar refractivity (Wildman–Crippen MR) is 99.5 cm³/mol. The van der Waals surface area contributed by atoms with Crippen molar-refractivity contribution in [3.63, 3.8) is 0 Å². The molecule has 25 heavy (non-hydrogen) atoms. The number of aryl methyl sites for hydroxylation is 1. The molecule has 4 aromatic rings. The third-order valence-electron chi connectivity index (χ3n) is 4.20. The van der Waals surface area contributed by atoms with Gasteiger partial charge in [-0.25, -0.2) is 9.97 Å². The van der Waals surface area contributed by atoms with Gasteiger partial charge >= 0.3 is 0 Å². The summed E-state index contributed by atoms with van der Waals surface area (Å²) in [5.41, 5.74) is 3.31. The molecule has 2 heterocycles. The molecule has 2 aromatic heterocycles. The van der Waals surface area contributed by atoms with Crippen LogP contribution in [0.1, 0.15) is 11.4 Å². The Morgan fingerprint density at radius 2 is 1.96 bits per heavy atom. The van der Waals surface area contributed by atoms with Gasteiger partial charge in [0.15, 0.2) is 0 Å². The van der Waals surface area contributed by atoms with Gasteiger partial charge in [-0.3, -0.25) is 0 Å². The van der Waals surface area contributed by atoms with Crippen LogP contribution in [0.3, 0.4) is 0 Å². The number of pyridine rings is 1. The monoisotopic (exact) mass is 347 g/mol. The molecule has 0 atom stereocenters. The van der Waals surface area contributed by atoms with Crippen molar-refractivity contribution in [3.8, 4) is 6.07 Å². The van der Waals surface area contributed by atoms with Crippen molar-refractivity contribution in [1.82, 2.24) is 14.5 Å². The van der Waals surface area contributed by atoms with Crippen LogP contribution in [0.15, 0.2) is 48.5 Å². The molecule has 0 bridgehead atoms. The highest BCUT2D eigenvalue weighted by atomic mass is 35.5. The highest BCUT2D eigenvalue weighted by molar-refractivity contribution is 6.31. The lowest BCUT2D eigenvalue weighted by atomic mass is 10.1. The second kappa shape index (κ2) is 6.08. The normalized spacial score (nSPS) is 10.9. The number of nitriles is 1. The molecule has 0 aliphatic rings. The molecular weight excluding hydrogens is 334 g/mol. The van der Waals surface area contributed by atoms with E-state index >= 15 is 0 Å². The molecule has 4 rings (SSSR count). The fourth-order valence-corrected chi connectivity index (χ4v) is 3.08. The molecule has 2 aromatic carbocycles. The Morgan fingerprint density at radius 3 is 2.76 bits per heavy atom. The third-order valence-corrected chi connectivity index (χ3v) is 4.43. The van der Waals surface area contributed by atoms with Crippen molar-refractivity contribution in [1.29, 1.82) is 5.26 Å². The minimum Gasteiger partial charge on any atom is -0.363 e. The maximum Gasteiger partial charge on any atom is 0.129 e. The number of halogens is 1.